The van der Waals surface area contributed by atoms with Gasteiger partial charge in [-0.15, -0.1) is 0 Å². The first-order valence-electron chi connectivity index (χ1n) is 4.19. The Morgan fingerprint density at radius 3 is 2.92 bits per heavy atom. The van der Waals surface area contributed by atoms with E-state index in [1.807, 2.05) is 0 Å². The number of nitrogens with zero attached hydrogens (tertiary/aromatic N) is 2. The molecule has 4 nitrogen and oxygen atoms in total. The summed E-state index contributed by atoms with van der Waals surface area (Å²) in [5.41, 5.74) is 5.50. The molecular weight excluding hydrogens is 152 g/mol. The minimum absolute atomic E-state index is 0.520. The van der Waals surface area contributed by atoms with E-state index < -0.39 is 0 Å². The quantitative estimate of drug-likeness (QED) is 0.685. The maximum Gasteiger partial charge on any atom is 0.224 e. The van der Waals surface area contributed by atoms with Crippen LogP contribution in [0.1, 0.15) is 19.3 Å². The van der Waals surface area contributed by atoms with Gasteiger partial charge in [0.25, 0.3) is 0 Å². The molecule has 0 radical (unpaired) electrons. The van der Waals surface area contributed by atoms with Crippen LogP contribution in [0.25, 0.3) is 0 Å². The molecule has 1 aromatic heterocycles. The van der Waals surface area contributed by atoms with Crippen molar-refractivity contribution in [3.63, 3.8) is 0 Å². The molecule has 64 valence electrons. The zero-order valence-electron chi connectivity index (χ0n) is 6.83. The van der Waals surface area contributed by atoms with Crippen LogP contribution in [-0.4, -0.2) is 16.0 Å². The van der Waals surface area contributed by atoms with Gasteiger partial charge < -0.3 is 11.1 Å². The summed E-state index contributed by atoms with van der Waals surface area (Å²) in [5.74, 6) is 1.17. The fourth-order valence-corrected chi connectivity index (χ4v) is 1.18. The van der Waals surface area contributed by atoms with Gasteiger partial charge in [0.2, 0.25) is 5.95 Å². The third kappa shape index (κ3) is 1.47. The van der Waals surface area contributed by atoms with Gasteiger partial charge >= 0.3 is 0 Å². The van der Waals surface area contributed by atoms with Crippen LogP contribution in [0.2, 0.25) is 0 Å². The predicted molar refractivity (Wildman–Crippen MR) is 47.7 cm³/mol. The molecule has 12 heavy (non-hydrogen) atoms. The van der Waals surface area contributed by atoms with Crippen LogP contribution in [0.4, 0.5) is 11.8 Å². The minimum atomic E-state index is 0.520. The van der Waals surface area contributed by atoms with Gasteiger partial charge in [-0.3, -0.25) is 0 Å². The third-order valence-corrected chi connectivity index (χ3v) is 2.12. The van der Waals surface area contributed by atoms with E-state index in [1.165, 1.54) is 19.3 Å². The molecule has 1 heterocycles. The Bertz CT molecular complexity index is 270. The molecule has 1 fully saturated rings. The van der Waals surface area contributed by atoms with Crippen molar-refractivity contribution in [2.24, 2.45) is 0 Å². The van der Waals surface area contributed by atoms with Gasteiger partial charge in [0.1, 0.15) is 5.82 Å². The van der Waals surface area contributed by atoms with Crippen LogP contribution in [-0.2, 0) is 0 Å². The Labute approximate surface area is 71.2 Å². The minimum Gasteiger partial charge on any atom is -0.384 e. The third-order valence-electron chi connectivity index (χ3n) is 2.12. The SMILES string of the molecule is Nc1ccnc(NC2CCC2)n1. The number of nitrogen functional groups attached to an aromatic ring is 1. The number of rotatable bonds is 2. The number of hydrogen-bond donors (Lipinski definition) is 2. The van der Waals surface area contributed by atoms with Gasteiger partial charge in [0, 0.05) is 12.2 Å². The largest absolute Gasteiger partial charge is 0.384 e. The standard InChI is InChI=1S/C8H12N4/c9-7-4-5-10-8(12-7)11-6-2-1-3-6/h4-6H,1-3H2,(H3,9,10,11,12). The topological polar surface area (TPSA) is 63.8 Å². The lowest BCUT2D eigenvalue weighted by molar-refractivity contribution is 0.443. The van der Waals surface area contributed by atoms with Crippen molar-refractivity contribution in [3.05, 3.63) is 12.3 Å². The zero-order valence-corrected chi connectivity index (χ0v) is 6.83. The zero-order chi connectivity index (χ0) is 8.39. The van der Waals surface area contributed by atoms with Crippen molar-refractivity contribution in [2.45, 2.75) is 25.3 Å². The van der Waals surface area contributed by atoms with E-state index in [1.54, 1.807) is 12.3 Å². The molecule has 1 aliphatic rings. The predicted octanol–water partition coefficient (Wildman–Crippen LogP) is 1.02. The summed E-state index contributed by atoms with van der Waals surface area (Å²) in [5, 5.41) is 3.22. The second kappa shape index (κ2) is 2.97. The van der Waals surface area contributed by atoms with Crippen LogP contribution in [0.15, 0.2) is 12.3 Å². The Morgan fingerprint density at radius 1 is 1.50 bits per heavy atom. The first-order chi connectivity index (χ1) is 5.84. The fraction of sp³-hybridized carbons (Fsp3) is 0.500. The van der Waals surface area contributed by atoms with Gasteiger partial charge in [0.05, 0.1) is 0 Å². The molecule has 0 spiro atoms. The molecular formula is C8H12N4. The van der Waals surface area contributed by atoms with Crippen LogP contribution >= 0.6 is 0 Å². The lowest BCUT2D eigenvalue weighted by atomic mass is 9.93. The van der Waals surface area contributed by atoms with Gasteiger partial charge in [-0.05, 0) is 25.3 Å². The highest BCUT2D eigenvalue weighted by molar-refractivity contribution is 5.35. The molecule has 1 aliphatic carbocycles. The van der Waals surface area contributed by atoms with Crippen molar-refractivity contribution in [3.8, 4) is 0 Å². The molecule has 0 bridgehead atoms. The van der Waals surface area contributed by atoms with Gasteiger partial charge in [-0.1, -0.05) is 0 Å². The Balaban J connectivity index is 2.02. The van der Waals surface area contributed by atoms with E-state index in [9.17, 15) is 0 Å². The molecule has 1 saturated carbocycles. The number of hydrogen-bond acceptors (Lipinski definition) is 4. The Morgan fingerprint density at radius 2 is 2.33 bits per heavy atom. The smallest absolute Gasteiger partial charge is 0.224 e. The molecule has 0 aromatic carbocycles. The average Bonchev–Trinajstić information content (AvgIpc) is 1.97. The second-order valence-corrected chi connectivity index (χ2v) is 3.08. The normalized spacial score (nSPS) is 17.0. The molecule has 1 aromatic rings. The first kappa shape index (κ1) is 7.34. The fourth-order valence-electron chi connectivity index (χ4n) is 1.18. The molecule has 0 aliphatic heterocycles. The molecule has 4 heteroatoms. The van der Waals surface area contributed by atoms with Crippen molar-refractivity contribution in [1.82, 2.24) is 9.97 Å². The molecule has 0 unspecified atom stereocenters. The second-order valence-electron chi connectivity index (χ2n) is 3.08. The summed E-state index contributed by atoms with van der Waals surface area (Å²) in [6.45, 7) is 0. The summed E-state index contributed by atoms with van der Waals surface area (Å²) in [7, 11) is 0. The van der Waals surface area contributed by atoms with Gasteiger partial charge in [-0.25, -0.2) is 4.98 Å². The van der Waals surface area contributed by atoms with E-state index in [2.05, 4.69) is 15.3 Å². The summed E-state index contributed by atoms with van der Waals surface area (Å²) < 4.78 is 0. The summed E-state index contributed by atoms with van der Waals surface area (Å²) in [6.07, 6.45) is 5.42. The van der Waals surface area contributed by atoms with Gasteiger partial charge in [0.15, 0.2) is 0 Å². The molecule has 0 saturated heterocycles. The Hall–Kier alpha value is -1.32. The molecule has 0 atom stereocenters. The number of anilines is 2. The maximum atomic E-state index is 5.50. The van der Waals surface area contributed by atoms with Gasteiger partial charge in [-0.2, -0.15) is 4.98 Å². The van der Waals surface area contributed by atoms with E-state index in [-0.39, 0.29) is 0 Å². The monoisotopic (exact) mass is 164 g/mol. The van der Waals surface area contributed by atoms with E-state index in [0.717, 1.165) is 0 Å². The lowest BCUT2D eigenvalue weighted by Crippen LogP contribution is -2.28. The summed E-state index contributed by atoms with van der Waals surface area (Å²) >= 11 is 0. The van der Waals surface area contributed by atoms with E-state index in [0.29, 0.717) is 17.8 Å². The van der Waals surface area contributed by atoms with Crippen LogP contribution < -0.4 is 11.1 Å². The first-order valence-corrected chi connectivity index (χ1v) is 4.19. The van der Waals surface area contributed by atoms with Crippen molar-refractivity contribution in [1.29, 1.82) is 0 Å². The highest BCUT2D eigenvalue weighted by Gasteiger charge is 2.17. The van der Waals surface area contributed by atoms with Crippen LogP contribution in [0, 0.1) is 0 Å². The van der Waals surface area contributed by atoms with E-state index in [4.69, 9.17) is 5.73 Å². The highest BCUT2D eigenvalue weighted by Crippen LogP contribution is 2.21. The Kier molecular flexibility index (Phi) is 1.81. The summed E-state index contributed by atoms with van der Waals surface area (Å²) in [4.78, 5) is 8.11. The number of nitrogens with two attached hydrogens (primary N) is 1. The highest BCUT2D eigenvalue weighted by atomic mass is 15.1. The van der Waals surface area contributed by atoms with Crippen molar-refractivity contribution in [2.75, 3.05) is 11.1 Å². The van der Waals surface area contributed by atoms with Crippen molar-refractivity contribution < 1.29 is 0 Å². The van der Waals surface area contributed by atoms with E-state index >= 15 is 0 Å². The molecule has 2 rings (SSSR count). The number of aromatic nitrogens is 2. The van der Waals surface area contributed by atoms with Crippen molar-refractivity contribution >= 4 is 11.8 Å². The average molecular weight is 164 g/mol. The molecule has 3 N–H and O–H groups in total. The van der Waals surface area contributed by atoms with Crippen LogP contribution in [0.5, 0.6) is 0 Å². The van der Waals surface area contributed by atoms with Crippen LogP contribution in [0.3, 0.4) is 0 Å². The lowest BCUT2D eigenvalue weighted by Gasteiger charge is -2.26. The summed E-state index contributed by atoms with van der Waals surface area (Å²) in [6, 6.07) is 2.25. The molecule has 0 amide bonds. The maximum absolute atomic E-state index is 5.50. The number of nitrogens with one attached hydrogen (secondary N) is 1.